The van der Waals surface area contributed by atoms with Crippen molar-refractivity contribution >= 4 is 0 Å². The molecule has 0 spiro atoms. The van der Waals surface area contributed by atoms with Crippen molar-refractivity contribution in [1.82, 2.24) is 4.98 Å². The molecule has 0 saturated heterocycles. The maximum absolute atomic E-state index is 4.14. The second-order valence-corrected chi connectivity index (χ2v) is 3.54. The van der Waals surface area contributed by atoms with Crippen molar-refractivity contribution in [3.05, 3.63) is 29.6 Å². The van der Waals surface area contributed by atoms with Crippen LogP contribution < -0.4 is 0 Å². The molecule has 1 heteroatoms. The molecule has 0 aromatic carbocycles. The van der Waals surface area contributed by atoms with Crippen molar-refractivity contribution in [3.63, 3.8) is 0 Å². The fourth-order valence-corrected chi connectivity index (χ4v) is 1.86. The molecule has 2 rings (SSSR count). The predicted molar refractivity (Wildman–Crippen MR) is 45.5 cm³/mol. The van der Waals surface area contributed by atoms with Gasteiger partial charge in [0.25, 0.3) is 0 Å². The summed E-state index contributed by atoms with van der Waals surface area (Å²) < 4.78 is 0. The molecule has 0 N–H and O–H groups in total. The highest BCUT2D eigenvalue weighted by Gasteiger charge is 2.24. The lowest BCUT2D eigenvalue weighted by molar-refractivity contribution is 0.531. The van der Waals surface area contributed by atoms with Gasteiger partial charge >= 0.3 is 0 Å². The van der Waals surface area contributed by atoms with Gasteiger partial charge in [-0.25, -0.2) is 0 Å². The van der Waals surface area contributed by atoms with Crippen molar-refractivity contribution in [2.24, 2.45) is 5.92 Å². The predicted octanol–water partition coefficient (Wildman–Crippen LogP) is 2.38. The van der Waals surface area contributed by atoms with Crippen LogP contribution in [0.4, 0.5) is 0 Å². The van der Waals surface area contributed by atoms with Gasteiger partial charge in [-0.05, 0) is 35.4 Å². The van der Waals surface area contributed by atoms with E-state index in [0.29, 0.717) is 5.92 Å². The standard InChI is InChI=1S/C10H13N/c1-7-5-9-3-4-11-6-10(9)8(7)2/h3-4,6-8H,5H2,1-2H3/t7-,8-/m0/s1. The Bertz CT molecular complexity index is 267. The smallest absolute Gasteiger partial charge is 0.0305 e. The first-order valence-corrected chi connectivity index (χ1v) is 4.22. The summed E-state index contributed by atoms with van der Waals surface area (Å²) >= 11 is 0. The van der Waals surface area contributed by atoms with E-state index in [1.54, 1.807) is 0 Å². The molecule has 2 atom stereocenters. The molecule has 0 unspecified atom stereocenters. The van der Waals surface area contributed by atoms with Gasteiger partial charge in [0.1, 0.15) is 0 Å². The molecule has 0 aliphatic heterocycles. The van der Waals surface area contributed by atoms with Gasteiger partial charge < -0.3 is 0 Å². The molecule has 1 heterocycles. The van der Waals surface area contributed by atoms with E-state index in [-0.39, 0.29) is 0 Å². The molecule has 1 aliphatic rings. The van der Waals surface area contributed by atoms with Gasteiger partial charge in [-0.3, -0.25) is 4.98 Å². The molecular weight excluding hydrogens is 134 g/mol. The normalized spacial score (nSPS) is 28.5. The van der Waals surface area contributed by atoms with Crippen LogP contribution in [-0.2, 0) is 6.42 Å². The van der Waals surface area contributed by atoms with Crippen LogP contribution in [0, 0.1) is 5.92 Å². The quantitative estimate of drug-likeness (QED) is 0.549. The van der Waals surface area contributed by atoms with Crippen molar-refractivity contribution in [2.75, 3.05) is 0 Å². The summed E-state index contributed by atoms with van der Waals surface area (Å²) in [7, 11) is 0. The molecule has 1 aromatic heterocycles. The van der Waals surface area contributed by atoms with E-state index in [1.807, 2.05) is 12.4 Å². The van der Waals surface area contributed by atoms with Crippen LogP contribution in [0.1, 0.15) is 30.9 Å². The minimum Gasteiger partial charge on any atom is -0.264 e. The van der Waals surface area contributed by atoms with Crippen LogP contribution in [-0.4, -0.2) is 4.98 Å². The molecule has 0 fully saturated rings. The van der Waals surface area contributed by atoms with Gasteiger partial charge in [0.2, 0.25) is 0 Å². The lowest BCUT2D eigenvalue weighted by Crippen LogP contribution is -1.97. The largest absolute Gasteiger partial charge is 0.264 e. The molecule has 0 radical (unpaired) electrons. The fraction of sp³-hybridized carbons (Fsp3) is 0.500. The van der Waals surface area contributed by atoms with Crippen LogP contribution in [0.15, 0.2) is 18.5 Å². The summed E-state index contributed by atoms with van der Waals surface area (Å²) in [6.07, 6.45) is 5.14. The fourth-order valence-electron chi connectivity index (χ4n) is 1.86. The van der Waals surface area contributed by atoms with Crippen LogP contribution in [0.2, 0.25) is 0 Å². The molecule has 0 amide bonds. The topological polar surface area (TPSA) is 12.9 Å². The van der Waals surface area contributed by atoms with E-state index < -0.39 is 0 Å². The Morgan fingerprint density at radius 3 is 3.00 bits per heavy atom. The number of aromatic nitrogens is 1. The minimum atomic E-state index is 0.707. The first-order chi connectivity index (χ1) is 5.29. The van der Waals surface area contributed by atoms with Crippen LogP contribution in [0.25, 0.3) is 0 Å². The summed E-state index contributed by atoms with van der Waals surface area (Å²) in [4.78, 5) is 4.14. The number of hydrogen-bond donors (Lipinski definition) is 0. The molecule has 1 nitrogen and oxygen atoms in total. The van der Waals surface area contributed by atoms with Gasteiger partial charge in [0.15, 0.2) is 0 Å². The SMILES string of the molecule is C[C@@H]1c2cnccc2C[C@@H]1C. The van der Waals surface area contributed by atoms with Crippen LogP contribution in [0.3, 0.4) is 0 Å². The van der Waals surface area contributed by atoms with Crippen LogP contribution >= 0.6 is 0 Å². The zero-order valence-electron chi connectivity index (χ0n) is 7.04. The summed E-state index contributed by atoms with van der Waals surface area (Å²) in [5.74, 6) is 1.51. The van der Waals surface area contributed by atoms with Crippen molar-refractivity contribution in [1.29, 1.82) is 0 Å². The van der Waals surface area contributed by atoms with Gasteiger partial charge in [-0.1, -0.05) is 13.8 Å². The first-order valence-electron chi connectivity index (χ1n) is 4.22. The lowest BCUT2D eigenvalue weighted by atomic mass is 9.98. The molecule has 1 aliphatic carbocycles. The third-order valence-corrected chi connectivity index (χ3v) is 2.83. The average Bonchev–Trinajstić information content (AvgIpc) is 2.30. The Labute approximate surface area is 67.5 Å². The molecule has 1 aromatic rings. The van der Waals surface area contributed by atoms with E-state index in [0.717, 1.165) is 5.92 Å². The average molecular weight is 147 g/mol. The number of pyridine rings is 1. The molecular formula is C10H13N. The number of fused-ring (bicyclic) bond motifs is 1. The first kappa shape index (κ1) is 6.84. The Kier molecular flexibility index (Phi) is 1.45. The zero-order chi connectivity index (χ0) is 7.84. The van der Waals surface area contributed by atoms with Crippen molar-refractivity contribution in [3.8, 4) is 0 Å². The molecule has 0 saturated carbocycles. The van der Waals surface area contributed by atoms with Crippen molar-refractivity contribution < 1.29 is 0 Å². The molecule has 0 bridgehead atoms. The van der Waals surface area contributed by atoms with E-state index >= 15 is 0 Å². The molecule has 11 heavy (non-hydrogen) atoms. The highest BCUT2D eigenvalue weighted by molar-refractivity contribution is 5.32. The summed E-state index contributed by atoms with van der Waals surface area (Å²) in [5.41, 5.74) is 2.96. The summed E-state index contributed by atoms with van der Waals surface area (Å²) in [6, 6.07) is 2.15. The highest BCUT2D eigenvalue weighted by Crippen LogP contribution is 2.36. The lowest BCUT2D eigenvalue weighted by Gasteiger charge is -2.07. The maximum Gasteiger partial charge on any atom is 0.0305 e. The Hall–Kier alpha value is -0.850. The Morgan fingerprint density at radius 1 is 1.45 bits per heavy atom. The monoisotopic (exact) mass is 147 g/mol. The second kappa shape index (κ2) is 2.33. The van der Waals surface area contributed by atoms with Gasteiger partial charge in [-0.15, -0.1) is 0 Å². The van der Waals surface area contributed by atoms with E-state index in [1.165, 1.54) is 17.5 Å². The van der Waals surface area contributed by atoms with Gasteiger partial charge in [-0.2, -0.15) is 0 Å². The summed E-state index contributed by atoms with van der Waals surface area (Å²) in [5, 5.41) is 0. The molecule has 58 valence electrons. The highest BCUT2D eigenvalue weighted by atomic mass is 14.6. The number of nitrogens with zero attached hydrogens (tertiary/aromatic N) is 1. The third kappa shape index (κ3) is 0.953. The number of hydrogen-bond acceptors (Lipinski definition) is 1. The Balaban J connectivity index is 2.47. The Morgan fingerprint density at radius 2 is 2.27 bits per heavy atom. The second-order valence-electron chi connectivity index (χ2n) is 3.54. The zero-order valence-corrected chi connectivity index (χ0v) is 7.04. The minimum absolute atomic E-state index is 0.707. The van der Waals surface area contributed by atoms with Crippen molar-refractivity contribution in [2.45, 2.75) is 26.2 Å². The van der Waals surface area contributed by atoms with E-state index in [4.69, 9.17) is 0 Å². The maximum atomic E-state index is 4.14. The number of rotatable bonds is 0. The van der Waals surface area contributed by atoms with Gasteiger partial charge in [0.05, 0.1) is 0 Å². The van der Waals surface area contributed by atoms with Gasteiger partial charge in [0, 0.05) is 12.4 Å². The van der Waals surface area contributed by atoms with Crippen LogP contribution in [0.5, 0.6) is 0 Å². The summed E-state index contributed by atoms with van der Waals surface area (Å²) in [6.45, 7) is 4.60. The van der Waals surface area contributed by atoms with E-state index in [2.05, 4.69) is 24.9 Å². The van der Waals surface area contributed by atoms with E-state index in [9.17, 15) is 0 Å². The third-order valence-electron chi connectivity index (χ3n) is 2.83.